The number of nitrogens with one attached hydrogen (secondary N) is 1. The first-order valence-electron chi connectivity index (χ1n) is 10.3. The lowest BCUT2D eigenvalue weighted by molar-refractivity contribution is -0.154. The average molecular weight is 455 g/mol. The molecule has 1 unspecified atom stereocenters. The molecular formula is C22H31ClN2O6. The Kier molecular flexibility index (Phi) is 7.28. The zero-order chi connectivity index (χ0) is 23.6. The van der Waals surface area contributed by atoms with Crippen molar-refractivity contribution in [1.82, 2.24) is 10.2 Å². The van der Waals surface area contributed by atoms with Crippen molar-refractivity contribution in [2.45, 2.75) is 70.7 Å². The molecular weight excluding hydrogens is 424 g/mol. The summed E-state index contributed by atoms with van der Waals surface area (Å²) in [6.45, 7) is 8.49. The van der Waals surface area contributed by atoms with Gasteiger partial charge in [-0.2, -0.15) is 0 Å². The molecule has 1 aliphatic heterocycles. The summed E-state index contributed by atoms with van der Waals surface area (Å²) in [5.74, 6) is -3.30. The fourth-order valence-corrected chi connectivity index (χ4v) is 4.79. The van der Waals surface area contributed by atoms with Gasteiger partial charge >= 0.3 is 18.0 Å². The molecule has 2 rings (SSSR count). The number of alkyl carbamates (subject to hydrolysis) is 1. The number of amides is 1. The summed E-state index contributed by atoms with van der Waals surface area (Å²) in [6, 6.07) is 6.94. The van der Waals surface area contributed by atoms with Crippen LogP contribution in [0.1, 0.15) is 53.0 Å². The van der Waals surface area contributed by atoms with Crippen LogP contribution in [0.2, 0.25) is 5.02 Å². The highest BCUT2D eigenvalue weighted by Crippen LogP contribution is 2.47. The fourth-order valence-electron chi connectivity index (χ4n) is 4.66. The average Bonchev–Trinajstić information content (AvgIpc) is 2.92. The molecule has 1 heterocycles. The summed E-state index contributed by atoms with van der Waals surface area (Å²) in [5, 5.41) is 23.6. The molecule has 8 nitrogen and oxygen atoms in total. The van der Waals surface area contributed by atoms with Crippen LogP contribution in [0.4, 0.5) is 4.79 Å². The molecule has 0 radical (unpaired) electrons. The molecule has 0 bridgehead atoms. The van der Waals surface area contributed by atoms with Crippen LogP contribution >= 0.6 is 11.6 Å². The smallest absolute Gasteiger partial charge is 0.408 e. The van der Waals surface area contributed by atoms with Gasteiger partial charge in [0, 0.05) is 24.0 Å². The second kappa shape index (κ2) is 9.04. The maximum atomic E-state index is 12.6. The Morgan fingerprint density at radius 1 is 1.16 bits per heavy atom. The number of nitrogens with zero attached hydrogens (tertiary/aromatic N) is 1. The molecule has 3 N–H and O–H groups in total. The van der Waals surface area contributed by atoms with E-state index in [1.165, 1.54) is 0 Å². The van der Waals surface area contributed by atoms with Crippen molar-refractivity contribution < 1.29 is 29.3 Å². The highest BCUT2D eigenvalue weighted by molar-refractivity contribution is 6.30. The molecule has 1 amide bonds. The Labute approximate surface area is 187 Å². The third-order valence-corrected chi connectivity index (χ3v) is 6.14. The van der Waals surface area contributed by atoms with E-state index in [1.54, 1.807) is 63.8 Å². The van der Waals surface area contributed by atoms with Crippen molar-refractivity contribution in [3.8, 4) is 0 Å². The third-order valence-electron chi connectivity index (χ3n) is 5.89. The van der Waals surface area contributed by atoms with Crippen molar-refractivity contribution in [2.24, 2.45) is 5.92 Å². The number of hydrogen-bond donors (Lipinski definition) is 3. The van der Waals surface area contributed by atoms with Crippen LogP contribution in [-0.4, -0.2) is 56.4 Å². The van der Waals surface area contributed by atoms with Gasteiger partial charge in [-0.3, -0.25) is 9.69 Å². The van der Waals surface area contributed by atoms with E-state index < -0.39 is 40.6 Å². The fraction of sp³-hybridized carbons (Fsp3) is 0.591. The lowest BCUT2D eigenvalue weighted by atomic mass is 9.72. The molecule has 31 heavy (non-hydrogen) atoms. The van der Waals surface area contributed by atoms with Crippen LogP contribution in [0.15, 0.2) is 24.3 Å². The van der Waals surface area contributed by atoms with Crippen molar-refractivity contribution >= 4 is 29.6 Å². The number of carboxylic acid groups (broad SMARTS) is 2. The minimum absolute atomic E-state index is 0.166. The Bertz CT molecular complexity index is 837. The van der Waals surface area contributed by atoms with Gasteiger partial charge in [0.05, 0.1) is 0 Å². The van der Waals surface area contributed by atoms with Crippen molar-refractivity contribution in [1.29, 1.82) is 0 Å². The van der Waals surface area contributed by atoms with Gasteiger partial charge in [0.15, 0.2) is 5.54 Å². The molecule has 1 fully saturated rings. The van der Waals surface area contributed by atoms with E-state index in [0.29, 0.717) is 5.02 Å². The zero-order valence-electron chi connectivity index (χ0n) is 18.6. The van der Waals surface area contributed by atoms with Gasteiger partial charge in [-0.05, 0) is 51.3 Å². The second-order valence-corrected chi connectivity index (χ2v) is 9.37. The third kappa shape index (κ3) is 4.80. The molecule has 1 aliphatic rings. The number of rotatable bonds is 7. The van der Waals surface area contributed by atoms with Gasteiger partial charge in [-0.1, -0.05) is 37.6 Å². The number of aliphatic carboxylic acids is 2. The van der Waals surface area contributed by atoms with E-state index >= 15 is 0 Å². The number of hydrogen-bond acceptors (Lipinski definition) is 5. The zero-order valence-corrected chi connectivity index (χ0v) is 19.3. The van der Waals surface area contributed by atoms with E-state index in [4.69, 9.17) is 16.3 Å². The van der Waals surface area contributed by atoms with E-state index in [0.717, 1.165) is 5.56 Å². The van der Waals surface area contributed by atoms with Crippen LogP contribution < -0.4 is 5.32 Å². The highest BCUT2D eigenvalue weighted by Gasteiger charge is 2.67. The predicted molar refractivity (Wildman–Crippen MR) is 116 cm³/mol. The van der Waals surface area contributed by atoms with Crippen LogP contribution in [0.25, 0.3) is 0 Å². The van der Waals surface area contributed by atoms with Crippen LogP contribution in [-0.2, 0) is 20.9 Å². The monoisotopic (exact) mass is 454 g/mol. The molecule has 0 saturated carbocycles. The second-order valence-electron chi connectivity index (χ2n) is 8.93. The number of benzene rings is 1. The van der Waals surface area contributed by atoms with Gasteiger partial charge in [-0.25, -0.2) is 9.59 Å². The topological polar surface area (TPSA) is 116 Å². The summed E-state index contributed by atoms with van der Waals surface area (Å²) in [4.78, 5) is 39.4. The van der Waals surface area contributed by atoms with Gasteiger partial charge in [0.25, 0.3) is 0 Å². The molecule has 9 heteroatoms. The summed E-state index contributed by atoms with van der Waals surface area (Å²) in [6.07, 6.45) is -0.490. The number of halogens is 1. The van der Waals surface area contributed by atoms with Gasteiger partial charge in [-0.15, -0.1) is 0 Å². The van der Waals surface area contributed by atoms with Crippen molar-refractivity contribution in [3.05, 3.63) is 34.9 Å². The van der Waals surface area contributed by atoms with E-state index in [1.807, 2.05) is 0 Å². The Morgan fingerprint density at radius 3 is 2.16 bits per heavy atom. The highest BCUT2D eigenvalue weighted by atomic mass is 35.5. The number of carbonyl (C=O) groups excluding carboxylic acids is 1. The largest absolute Gasteiger partial charge is 0.480 e. The molecule has 1 aromatic rings. The summed E-state index contributed by atoms with van der Waals surface area (Å²) < 4.78 is 5.30. The first-order valence-corrected chi connectivity index (χ1v) is 10.7. The molecule has 3 atom stereocenters. The van der Waals surface area contributed by atoms with Gasteiger partial charge in [0.2, 0.25) is 0 Å². The number of likely N-dealkylation sites (tertiary alicyclic amines) is 1. The molecule has 1 saturated heterocycles. The summed E-state index contributed by atoms with van der Waals surface area (Å²) in [7, 11) is 0. The van der Waals surface area contributed by atoms with Crippen molar-refractivity contribution in [3.63, 3.8) is 0 Å². The quantitative estimate of drug-likeness (QED) is 0.574. The standard InChI is InChI=1S/C22H31ClN2O6/c1-6-16-21(17(26)27,24-19(30)31-20(3,4)5)13-25(22(16,7-2)18(28)29)12-14-8-10-15(23)11-9-14/h8-11,16H,6-7,12-13H2,1-5H3,(H,24,30)(H,26,27)(H,28,29)/t16?,21-,22+/m0/s1. The lowest BCUT2D eigenvalue weighted by Crippen LogP contribution is -2.63. The number of carbonyl (C=O) groups is 3. The molecule has 172 valence electrons. The molecule has 1 aromatic carbocycles. The van der Waals surface area contributed by atoms with Gasteiger partial charge < -0.3 is 20.3 Å². The van der Waals surface area contributed by atoms with Crippen LogP contribution in [0.3, 0.4) is 0 Å². The summed E-state index contributed by atoms with van der Waals surface area (Å²) in [5.41, 5.74) is -3.35. The van der Waals surface area contributed by atoms with E-state index in [2.05, 4.69) is 5.32 Å². The molecule has 0 spiro atoms. The van der Waals surface area contributed by atoms with Crippen molar-refractivity contribution in [2.75, 3.05) is 6.54 Å². The molecule has 0 aromatic heterocycles. The lowest BCUT2D eigenvalue weighted by Gasteiger charge is -2.39. The summed E-state index contributed by atoms with van der Waals surface area (Å²) >= 11 is 5.96. The minimum atomic E-state index is -1.82. The Morgan fingerprint density at radius 2 is 1.74 bits per heavy atom. The normalized spacial score (nSPS) is 26.5. The van der Waals surface area contributed by atoms with Crippen LogP contribution in [0, 0.1) is 5.92 Å². The maximum absolute atomic E-state index is 12.6. The van der Waals surface area contributed by atoms with Gasteiger partial charge in [0.1, 0.15) is 11.1 Å². The Balaban J connectivity index is 2.55. The molecule has 0 aliphatic carbocycles. The number of ether oxygens (including phenoxy) is 1. The maximum Gasteiger partial charge on any atom is 0.408 e. The Hall–Kier alpha value is -2.32. The SMILES string of the molecule is CCC1[C@](CC)(C(=O)O)N(Cc2ccc(Cl)cc2)C[C@@]1(NC(=O)OC(C)(C)C)C(=O)O. The first-order chi connectivity index (χ1) is 14.3. The number of carboxylic acids is 2. The predicted octanol–water partition coefficient (Wildman–Crippen LogP) is 3.76. The van der Waals surface area contributed by atoms with Crippen LogP contribution in [0.5, 0.6) is 0 Å². The minimum Gasteiger partial charge on any atom is -0.480 e. The van der Waals surface area contributed by atoms with E-state index in [9.17, 15) is 24.6 Å². The first kappa shape index (κ1) is 24.9. The van der Waals surface area contributed by atoms with E-state index in [-0.39, 0.29) is 25.9 Å².